The Kier molecular flexibility index (Phi) is 8.89. The van der Waals surface area contributed by atoms with Crippen LogP contribution in [0.2, 0.25) is 0 Å². The third-order valence-electron chi connectivity index (χ3n) is 2.85. The highest BCUT2D eigenvalue weighted by Crippen LogP contribution is 2.01. The number of carbonyl (C=O) groups is 1. The van der Waals surface area contributed by atoms with E-state index in [1.807, 2.05) is 6.92 Å². The van der Waals surface area contributed by atoms with Crippen molar-refractivity contribution >= 4 is 5.97 Å². The van der Waals surface area contributed by atoms with E-state index in [1.54, 1.807) is 0 Å². The molecule has 0 rings (SSSR count). The van der Waals surface area contributed by atoms with Crippen LogP contribution in [0.15, 0.2) is 48.4 Å². The Hall–Kier alpha value is -1.57. The number of esters is 1. The first kappa shape index (κ1) is 11.1. The van der Waals surface area contributed by atoms with Gasteiger partial charge in [-0.1, -0.05) is 68.2 Å². The van der Waals surface area contributed by atoms with Crippen molar-refractivity contribution in [1.29, 1.82) is 0 Å². The second-order valence-corrected chi connectivity index (χ2v) is 4.83. The molecule has 0 aliphatic carbocycles. The van der Waals surface area contributed by atoms with Gasteiger partial charge in [0.15, 0.2) is 0 Å². The zero-order valence-electron chi connectivity index (χ0n) is 22.4. The van der Waals surface area contributed by atoms with Crippen molar-refractivity contribution in [1.82, 2.24) is 0 Å². The van der Waals surface area contributed by atoms with Gasteiger partial charge in [0.1, 0.15) is 0 Å². The van der Waals surface area contributed by atoms with Crippen LogP contribution in [0.4, 0.5) is 0 Å². The van der Waals surface area contributed by atoms with Gasteiger partial charge in [-0.2, -0.15) is 0 Å². The molecule has 0 saturated heterocycles. The Morgan fingerprint density at radius 2 is 1.30 bits per heavy atom. The number of allylic oxidation sites excluding steroid dienone is 8. The molecule has 0 aliphatic rings. The Morgan fingerprint density at radius 1 is 0.826 bits per heavy atom. The summed E-state index contributed by atoms with van der Waals surface area (Å²) in [7, 11) is 1.28. The molecule has 2 nitrogen and oxygen atoms in total. The maximum Gasteiger partial charge on any atom is 0.305 e. The maximum absolute atomic E-state index is 11.1. The molecular formula is C21H34O2. The SMILES string of the molecule is [2H]/C(CCCCC)=C(\[2H])C/C([2H])=C(/[2H])C/C([2H])=C(/[2H])C/C([2H])=C(/[2H])CCCC(=O)OC. The van der Waals surface area contributed by atoms with Gasteiger partial charge in [-0.05, 0) is 44.9 Å². The first-order valence-electron chi connectivity index (χ1n) is 12.2. The summed E-state index contributed by atoms with van der Waals surface area (Å²) in [5.41, 5.74) is 0. The quantitative estimate of drug-likeness (QED) is 0.212. The minimum absolute atomic E-state index is 0.00496. The lowest BCUT2D eigenvalue weighted by Crippen LogP contribution is -1.98. The lowest BCUT2D eigenvalue weighted by atomic mass is 10.2. The van der Waals surface area contributed by atoms with Crippen molar-refractivity contribution in [3.63, 3.8) is 0 Å². The lowest BCUT2D eigenvalue weighted by Gasteiger charge is -1.95. The van der Waals surface area contributed by atoms with E-state index < -0.39 is 0 Å². The third kappa shape index (κ3) is 18.4. The molecule has 0 radical (unpaired) electrons. The van der Waals surface area contributed by atoms with E-state index in [2.05, 4.69) is 4.74 Å². The number of methoxy groups -OCH3 is 1. The number of unbranched alkanes of at least 4 members (excludes halogenated alkanes) is 2. The Balaban J connectivity index is 4.98. The minimum atomic E-state index is -0.390. The van der Waals surface area contributed by atoms with Crippen LogP contribution >= 0.6 is 0 Å². The molecule has 130 valence electrons. The van der Waals surface area contributed by atoms with Gasteiger partial charge >= 0.3 is 5.97 Å². The first-order chi connectivity index (χ1) is 14.5. The second kappa shape index (κ2) is 18.5. The van der Waals surface area contributed by atoms with Gasteiger partial charge in [-0.3, -0.25) is 4.79 Å². The Labute approximate surface area is 154 Å². The average molecular weight is 327 g/mol. The molecule has 0 atom stereocenters. The molecule has 0 amide bonds. The van der Waals surface area contributed by atoms with E-state index in [-0.39, 0.29) is 86.5 Å². The van der Waals surface area contributed by atoms with Gasteiger partial charge in [-0.15, -0.1) is 0 Å². The standard InChI is InChI=1S/C21H34O2/c1-3-4-5-6-7-8-9-10-11-12-13-14-15-16-17-18-19-20-21(22)23-2/h7-8,10-11,13-14,16-17H,3-6,9,12,15,18-20H2,1-2H3/b8-7-,11-10-,14-13-,17-16-/i7D,8D,10D,11D,13D,14D,16D,17D. The van der Waals surface area contributed by atoms with E-state index in [0.29, 0.717) is 12.8 Å². The van der Waals surface area contributed by atoms with Crippen molar-refractivity contribution in [3.8, 4) is 0 Å². The zero-order valence-corrected chi connectivity index (χ0v) is 14.4. The highest BCUT2D eigenvalue weighted by molar-refractivity contribution is 5.69. The van der Waals surface area contributed by atoms with Crippen LogP contribution in [0, 0.1) is 0 Å². The largest absolute Gasteiger partial charge is 0.469 e. The summed E-state index contributed by atoms with van der Waals surface area (Å²) in [4.78, 5) is 11.1. The number of hydrogen-bond donors (Lipinski definition) is 0. The maximum atomic E-state index is 11.1. The van der Waals surface area contributed by atoms with Gasteiger partial charge in [0.2, 0.25) is 0 Å². The van der Waals surface area contributed by atoms with Crippen molar-refractivity contribution in [2.75, 3.05) is 7.11 Å². The summed E-state index contributed by atoms with van der Waals surface area (Å²) in [5, 5.41) is 0. The summed E-state index contributed by atoms with van der Waals surface area (Å²) in [6, 6.07) is -0.756. The van der Waals surface area contributed by atoms with Crippen LogP contribution in [0.25, 0.3) is 0 Å². The van der Waals surface area contributed by atoms with Gasteiger partial charge in [0.25, 0.3) is 0 Å². The summed E-state index contributed by atoms with van der Waals surface area (Å²) in [6.07, 6.45) is 3.33. The number of hydrogen-bond acceptors (Lipinski definition) is 2. The fraction of sp³-hybridized carbons (Fsp3) is 0.571. The summed E-state index contributed by atoms with van der Waals surface area (Å²) >= 11 is 0. The van der Waals surface area contributed by atoms with Crippen molar-refractivity contribution in [2.45, 2.75) is 71.1 Å². The van der Waals surface area contributed by atoms with Crippen LogP contribution in [0.3, 0.4) is 0 Å². The van der Waals surface area contributed by atoms with Crippen LogP contribution in [-0.2, 0) is 9.53 Å². The first-order valence-corrected chi connectivity index (χ1v) is 8.21. The average Bonchev–Trinajstić information content (AvgIpc) is 2.72. The Bertz CT molecular complexity index is 723. The molecule has 0 spiro atoms. The monoisotopic (exact) mass is 326 g/mol. The van der Waals surface area contributed by atoms with Crippen molar-refractivity contribution in [2.24, 2.45) is 0 Å². The molecule has 23 heavy (non-hydrogen) atoms. The fourth-order valence-electron chi connectivity index (χ4n) is 1.57. The van der Waals surface area contributed by atoms with Crippen LogP contribution < -0.4 is 0 Å². The number of rotatable bonds is 14. The highest BCUT2D eigenvalue weighted by atomic mass is 16.5. The molecule has 0 N–H and O–H groups in total. The minimum Gasteiger partial charge on any atom is -0.469 e. The Morgan fingerprint density at radius 3 is 1.78 bits per heavy atom. The van der Waals surface area contributed by atoms with Crippen LogP contribution in [0.1, 0.15) is 82.1 Å². The van der Waals surface area contributed by atoms with Crippen LogP contribution in [-0.4, -0.2) is 13.1 Å². The second-order valence-electron chi connectivity index (χ2n) is 4.83. The molecule has 0 saturated carbocycles. The molecule has 2 heteroatoms. The van der Waals surface area contributed by atoms with Crippen molar-refractivity contribution in [3.05, 3.63) is 48.4 Å². The summed E-state index contributed by atoms with van der Waals surface area (Å²) < 4.78 is 67.9. The van der Waals surface area contributed by atoms with E-state index in [4.69, 9.17) is 11.0 Å². The smallest absolute Gasteiger partial charge is 0.305 e. The van der Waals surface area contributed by atoms with Gasteiger partial charge in [-0.25, -0.2) is 0 Å². The van der Waals surface area contributed by atoms with E-state index in [1.165, 1.54) is 7.11 Å². The molecule has 0 unspecified atom stereocenters. The van der Waals surface area contributed by atoms with Crippen molar-refractivity contribution < 1.29 is 20.5 Å². The molecule has 0 fully saturated rings. The molecule has 0 heterocycles. The van der Waals surface area contributed by atoms with E-state index >= 15 is 0 Å². The number of carbonyl (C=O) groups excluding carboxylic acids is 1. The van der Waals surface area contributed by atoms with Gasteiger partial charge < -0.3 is 4.74 Å². The van der Waals surface area contributed by atoms with E-state index in [0.717, 1.165) is 19.3 Å². The normalized spacial score (nSPS) is 20.6. The fourth-order valence-corrected chi connectivity index (χ4v) is 1.57. The molecule has 0 aromatic heterocycles. The molecule has 0 aliphatic heterocycles. The number of ether oxygens (including phenoxy) is 1. The molecule has 0 aromatic rings. The lowest BCUT2D eigenvalue weighted by molar-refractivity contribution is -0.140. The predicted molar refractivity (Wildman–Crippen MR) is 100 cm³/mol. The van der Waals surface area contributed by atoms with Crippen LogP contribution in [0.5, 0.6) is 0 Å². The van der Waals surface area contributed by atoms with E-state index in [9.17, 15) is 4.79 Å². The summed E-state index contributed by atoms with van der Waals surface area (Å²) in [5.74, 6) is -0.390. The topological polar surface area (TPSA) is 26.3 Å². The molecule has 0 bridgehead atoms. The molecular weight excluding hydrogens is 284 g/mol. The van der Waals surface area contributed by atoms with Gasteiger partial charge in [0, 0.05) is 6.42 Å². The molecule has 0 aromatic carbocycles. The third-order valence-corrected chi connectivity index (χ3v) is 2.85. The highest BCUT2D eigenvalue weighted by Gasteiger charge is 1.96. The van der Waals surface area contributed by atoms with Gasteiger partial charge in [0.05, 0.1) is 18.1 Å². The predicted octanol–water partition coefficient (Wildman–Crippen LogP) is 6.31. The zero-order chi connectivity index (χ0) is 24.0. The summed E-state index contributed by atoms with van der Waals surface area (Å²) in [6.45, 7) is 2.05.